The molecule has 3 N–H and O–H groups in total. The Morgan fingerprint density at radius 2 is 1.95 bits per heavy atom. The van der Waals surface area contributed by atoms with Crippen LogP contribution in [0.25, 0.3) is 0 Å². The average molecular weight is 296 g/mol. The summed E-state index contributed by atoms with van der Waals surface area (Å²) in [5.74, 6) is -1.65. The van der Waals surface area contributed by atoms with Crippen LogP contribution in [0.3, 0.4) is 0 Å². The standard InChI is InChI=1S/C15H21FN2O3/c1-15(2,3)18-13(19)6-7-17-9-11-8-10(14(20)21)4-5-12(11)16/h4-5,8,17H,6-7,9H2,1-3H3,(H,18,19)(H,20,21). The topological polar surface area (TPSA) is 78.4 Å². The normalized spacial score (nSPS) is 11.2. The van der Waals surface area contributed by atoms with Crippen molar-refractivity contribution in [3.63, 3.8) is 0 Å². The Labute approximate surface area is 123 Å². The van der Waals surface area contributed by atoms with E-state index in [1.165, 1.54) is 12.1 Å². The molecular formula is C15H21FN2O3. The number of carbonyl (C=O) groups is 2. The monoisotopic (exact) mass is 296 g/mol. The highest BCUT2D eigenvalue weighted by atomic mass is 19.1. The van der Waals surface area contributed by atoms with Crippen LogP contribution in [0.1, 0.15) is 43.1 Å². The van der Waals surface area contributed by atoms with Crippen LogP contribution in [0.4, 0.5) is 4.39 Å². The Kier molecular flexibility index (Phi) is 5.84. The molecule has 116 valence electrons. The highest BCUT2D eigenvalue weighted by Gasteiger charge is 2.13. The lowest BCUT2D eigenvalue weighted by molar-refractivity contribution is -0.122. The summed E-state index contributed by atoms with van der Waals surface area (Å²) < 4.78 is 13.5. The minimum atomic E-state index is -1.10. The third-order valence-electron chi connectivity index (χ3n) is 2.65. The van der Waals surface area contributed by atoms with Gasteiger partial charge < -0.3 is 15.7 Å². The first-order valence-electron chi connectivity index (χ1n) is 6.72. The van der Waals surface area contributed by atoms with Gasteiger partial charge in [0.1, 0.15) is 5.82 Å². The number of carboxylic acids is 1. The van der Waals surface area contributed by atoms with E-state index in [-0.39, 0.29) is 35.5 Å². The number of amides is 1. The maximum Gasteiger partial charge on any atom is 0.335 e. The first kappa shape index (κ1) is 17.1. The summed E-state index contributed by atoms with van der Waals surface area (Å²) >= 11 is 0. The second-order valence-electron chi connectivity index (χ2n) is 5.84. The van der Waals surface area contributed by atoms with Crippen LogP contribution < -0.4 is 10.6 Å². The van der Waals surface area contributed by atoms with E-state index in [1.807, 2.05) is 20.8 Å². The molecule has 0 saturated heterocycles. The van der Waals surface area contributed by atoms with Gasteiger partial charge in [-0.15, -0.1) is 0 Å². The summed E-state index contributed by atoms with van der Waals surface area (Å²) in [4.78, 5) is 22.4. The third-order valence-corrected chi connectivity index (χ3v) is 2.65. The predicted molar refractivity (Wildman–Crippen MR) is 77.6 cm³/mol. The summed E-state index contributed by atoms with van der Waals surface area (Å²) in [6.07, 6.45) is 0.275. The van der Waals surface area contributed by atoms with Gasteiger partial charge in [-0.05, 0) is 39.0 Å². The van der Waals surface area contributed by atoms with Crippen molar-refractivity contribution in [1.82, 2.24) is 10.6 Å². The molecule has 0 aliphatic carbocycles. The van der Waals surface area contributed by atoms with Crippen LogP contribution in [0.5, 0.6) is 0 Å². The second-order valence-corrected chi connectivity index (χ2v) is 5.84. The summed E-state index contributed by atoms with van der Waals surface area (Å²) in [7, 11) is 0. The number of rotatable bonds is 6. The molecule has 0 atom stereocenters. The van der Waals surface area contributed by atoms with Crippen molar-refractivity contribution in [3.8, 4) is 0 Å². The molecule has 0 radical (unpaired) electrons. The number of halogens is 1. The third kappa shape index (κ3) is 6.35. The summed E-state index contributed by atoms with van der Waals surface area (Å²) in [6.45, 7) is 6.25. The molecule has 0 aromatic heterocycles. The first-order chi connectivity index (χ1) is 9.69. The Hall–Kier alpha value is -1.95. The van der Waals surface area contributed by atoms with E-state index >= 15 is 0 Å². The van der Waals surface area contributed by atoms with Crippen molar-refractivity contribution in [2.45, 2.75) is 39.3 Å². The minimum absolute atomic E-state index is 0.0404. The van der Waals surface area contributed by atoms with E-state index < -0.39 is 11.8 Å². The maximum atomic E-state index is 13.5. The largest absolute Gasteiger partial charge is 0.478 e. The predicted octanol–water partition coefficient (Wildman–Crippen LogP) is 1.92. The van der Waals surface area contributed by atoms with Gasteiger partial charge >= 0.3 is 5.97 Å². The highest BCUT2D eigenvalue weighted by molar-refractivity contribution is 5.87. The van der Waals surface area contributed by atoms with Crippen molar-refractivity contribution < 1.29 is 19.1 Å². The zero-order chi connectivity index (χ0) is 16.0. The van der Waals surface area contributed by atoms with Gasteiger partial charge in [0.25, 0.3) is 0 Å². The van der Waals surface area contributed by atoms with Gasteiger partial charge in [0.2, 0.25) is 5.91 Å². The van der Waals surface area contributed by atoms with E-state index in [1.54, 1.807) is 0 Å². The second kappa shape index (κ2) is 7.17. The van der Waals surface area contributed by atoms with Crippen LogP contribution in [0.2, 0.25) is 0 Å². The lowest BCUT2D eigenvalue weighted by Gasteiger charge is -2.20. The van der Waals surface area contributed by atoms with Crippen molar-refractivity contribution >= 4 is 11.9 Å². The van der Waals surface area contributed by atoms with E-state index in [9.17, 15) is 14.0 Å². The van der Waals surface area contributed by atoms with Gasteiger partial charge in [0, 0.05) is 30.6 Å². The molecule has 0 aliphatic heterocycles. The fraction of sp³-hybridized carbons (Fsp3) is 0.467. The molecule has 0 fully saturated rings. The van der Waals surface area contributed by atoms with E-state index in [0.29, 0.717) is 6.54 Å². The Balaban J connectivity index is 2.44. The van der Waals surface area contributed by atoms with Gasteiger partial charge in [-0.25, -0.2) is 9.18 Å². The molecule has 0 unspecified atom stereocenters. The van der Waals surface area contributed by atoms with Crippen molar-refractivity contribution in [1.29, 1.82) is 0 Å². The number of carboxylic acid groups (broad SMARTS) is 1. The molecule has 0 heterocycles. The molecule has 6 heteroatoms. The number of aromatic carboxylic acids is 1. The van der Waals surface area contributed by atoms with Crippen LogP contribution >= 0.6 is 0 Å². The number of hydrogen-bond donors (Lipinski definition) is 3. The molecule has 1 rings (SSSR count). The first-order valence-corrected chi connectivity index (χ1v) is 6.72. The van der Waals surface area contributed by atoms with Gasteiger partial charge in [-0.2, -0.15) is 0 Å². The lowest BCUT2D eigenvalue weighted by atomic mass is 10.1. The van der Waals surface area contributed by atoms with E-state index in [2.05, 4.69) is 10.6 Å². The molecule has 5 nitrogen and oxygen atoms in total. The molecule has 1 amide bonds. The molecule has 1 aromatic carbocycles. The van der Waals surface area contributed by atoms with E-state index in [4.69, 9.17) is 5.11 Å². The Morgan fingerprint density at radius 3 is 2.52 bits per heavy atom. The maximum absolute atomic E-state index is 13.5. The van der Waals surface area contributed by atoms with Gasteiger partial charge in [0.05, 0.1) is 5.56 Å². The molecule has 21 heavy (non-hydrogen) atoms. The lowest BCUT2D eigenvalue weighted by Crippen LogP contribution is -2.41. The van der Waals surface area contributed by atoms with Crippen molar-refractivity contribution in [2.24, 2.45) is 0 Å². The highest BCUT2D eigenvalue weighted by Crippen LogP contribution is 2.10. The average Bonchev–Trinajstić information content (AvgIpc) is 2.34. The smallest absolute Gasteiger partial charge is 0.335 e. The molecule has 1 aromatic rings. The molecule has 0 bridgehead atoms. The fourth-order valence-corrected chi connectivity index (χ4v) is 1.75. The van der Waals surface area contributed by atoms with Gasteiger partial charge in [-0.3, -0.25) is 4.79 Å². The van der Waals surface area contributed by atoms with Crippen molar-refractivity contribution in [3.05, 3.63) is 35.1 Å². The molecular weight excluding hydrogens is 275 g/mol. The molecule has 0 aliphatic rings. The Bertz CT molecular complexity index is 524. The number of benzene rings is 1. The minimum Gasteiger partial charge on any atom is -0.478 e. The zero-order valence-corrected chi connectivity index (χ0v) is 12.5. The number of nitrogens with one attached hydrogen (secondary N) is 2. The van der Waals surface area contributed by atoms with Crippen LogP contribution in [0, 0.1) is 5.82 Å². The van der Waals surface area contributed by atoms with E-state index in [0.717, 1.165) is 6.07 Å². The number of hydrogen-bond acceptors (Lipinski definition) is 3. The SMILES string of the molecule is CC(C)(C)NC(=O)CCNCc1cc(C(=O)O)ccc1F. The number of carbonyl (C=O) groups excluding carboxylic acids is 1. The molecule has 0 saturated carbocycles. The summed E-state index contributed by atoms with van der Waals surface area (Å²) in [5.41, 5.74) is 0.0312. The van der Waals surface area contributed by atoms with Gasteiger partial charge in [-0.1, -0.05) is 0 Å². The van der Waals surface area contributed by atoms with Gasteiger partial charge in [0.15, 0.2) is 0 Å². The fourth-order valence-electron chi connectivity index (χ4n) is 1.75. The quantitative estimate of drug-likeness (QED) is 0.701. The van der Waals surface area contributed by atoms with Crippen LogP contribution in [0.15, 0.2) is 18.2 Å². The van der Waals surface area contributed by atoms with Crippen LogP contribution in [-0.2, 0) is 11.3 Å². The van der Waals surface area contributed by atoms with Crippen molar-refractivity contribution in [2.75, 3.05) is 6.54 Å². The molecule has 0 spiro atoms. The Morgan fingerprint density at radius 1 is 1.29 bits per heavy atom. The summed E-state index contributed by atoms with van der Waals surface area (Å²) in [6, 6.07) is 3.64. The van der Waals surface area contributed by atoms with Crippen LogP contribution in [-0.4, -0.2) is 29.1 Å². The zero-order valence-electron chi connectivity index (χ0n) is 12.5. The summed E-state index contributed by atoms with van der Waals surface area (Å²) in [5, 5.41) is 14.6.